The number of hydrogen-bond acceptors (Lipinski definition) is 6. The van der Waals surface area contributed by atoms with Crippen molar-refractivity contribution in [1.29, 1.82) is 0 Å². The Morgan fingerprint density at radius 1 is 1.21 bits per heavy atom. The molecule has 2 aromatic rings. The molecule has 2 aliphatic rings. The zero-order chi connectivity index (χ0) is 18.9. The van der Waals surface area contributed by atoms with Gasteiger partial charge in [-0.1, -0.05) is 6.07 Å². The Hall–Kier alpha value is -1.21. The van der Waals surface area contributed by atoms with Crippen LogP contribution in [0.2, 0.25) is 0 Å². The van der Waals surface area contributed by atoms with E-state index >= 15 is 0 Å². The maximum absolute atomic E-state index is 4.71. The second kappa shape index (κ2) is 9.08. The van der Waals surface area contributed by atoms with E-state index in [9.17, 15) is 0 Å². The molecule has 1 aliphatic carbocycles. The fraction of sp³-hybridized carbons (Fsp3) is 0.619. The molecule has 0 aromatic carbocycles. The van der Waals surface area contributed by atoms with E-state index in [0.717, 1.165) is 18.9 Å². The third-order valence-corrected chi connectivity index (χ3v) is 7.10. The van der Waals surface area contributed by atoms with E-state index in [1.54, 1.807) is 11.3 Å². The first-order valence-electron chi connectivity index (χ1n) is 10.1. The number of piperidine rings is 1. The van der Waals surface area contributed by atoms with Crippen LogP contribution in [-0.2, 0) is 13.1 Å². The monoisotopic (exact) mass is 421 g/mol. The third-order valence-electron chi connectivity index (χ3n) is 6.34. The maximum atomic E-state index is 4.71. The molecule has 1 aliphatic heterocycles. The smallest absolute Gasteiger partial charge is 0.128 e. The van der Waals surface area contributed by atoms with Crippen LogP contribution in [0.3, 0.4) is 0 Å². The van der Waals surface area contributed by atoms with Gasteiger partial charge in [-0.3, -0.25) is 4.90 Å². The fourth-order valence-electron chi connectivity index (χ4n) is 4.30. The highest BCUT2D eigenvalue weighted by atomic mass is 35.5. The number of anilines is 1. The Morgan fingerprint density at radius 2 is 2.00 bits per heavy atom. The van der Waals surface area contributed by atoms with Crippen molar-refractivity contribution in [1.82, 2.24) is 20.2 Å². The predicted octanol–water partition coefficient (Wildman–Crippen LogP) is 3.95. The van der Waals surface area contributed by atoms with Gasteiger partial charge in [0.05, 0.1) is 6.54 Å². The topological polar surface area (TPSA) is 44.3 Å². The number of aromatic nitrogens is 2. The minimum Gasteiger partial charge on any atom is -0.357 e. The van der Waals surface area contributed by atoms with E-state index in [1.807, 2.05) is 6.20 Å². The fourth-order valence-corrected chi connectivity index (χ4v) is 4.94. The van der Waals surface area contributed by atoms with Gasteiger partial charge in [0.25, 0.3) is 0 Å². The zero-order valence-electron chi connectivity index (χ0n) is 17.1. The number of nitrogens with one attached hydrogen (secondary N) is 1. The number of hydrogen-bond donors (Lipinski definition) is 1. The maximum Gasteiger partial charge on any atom is 0.128 e. The van der Waals surface area contributed by atoms with E-state index in [0.29, 0.717) is 17.5 Å². The minimum absolute atomic E-state index is 0. The van der Waals surface area contributed by atoms with Crippen molar-refractivity contribution in [2.45, 2.75) is 58.3 Å². The van der Waals surface area contributed by atoms with Crippen molar-refractivity contribution in [3.05, 3.63) is 40.5 Å². The largest absolute Gasteiger partial charge is 0.357 e. The number of halogens is 1. The van der Waals surface area contributed by atoms with Crippen molar-refractivity contribution >= 4 is 29.6 Å². The van der Waals surface area contributed by atoms with E-state index in [1.165, 1.54) is 42.9 Å². The van der Waals surface area contributed by atoms with Gasteiger partial charge in [-0.2, -0.15) is 0 Å². The van der Waals surface area contributed by atoms with Crippen LogP contribution in [0.4, 0.5) is 5.82 Å². The van der Waals surface area contributed by atoms with Crippen molar-refractivity contribution in [3.63, 3.8) is 0 Å². The SMILES string of the molecule is CC(C)N(C)c1ccc(CN(Cc2nccs2)C2CC23CCNCC3)cn1.Cl. The van der Waals surface area contributed by atoms with Crippen LogP contribution in [0.25, 0.3) is 0 Å². The molecule has 0 bridgehead atoms. The first kappa shape index (κ1) is 21.5. The summed E-state index contributed by atoms with van der Waals surface area (Å²) < 4.78 is 0. The van der Waals surface area contributed by atoms with Crippen LogP contribution in [-0.4, -0.2) is 47.1 Å². The summed E-state index contributed by atoms with van der Waals surface area (Å²) in [6, 6.07) is 5.54. The molecule has 1 spiro atoms. The average molecular weight is 422 g/mol. The highest BCUT2D eigenvalue weighted by molar-refractivity contribution is 7.09. The van der Waals surface area contributed by atoms with Gasteiger partial charge in [0.2, 0.25) is 0 Å². The molecule has 1 unspecified atom stereocenters. The molecule has 3 heterocycles. The summed E-state index contributed by atoms with van der Waals surface area (Å²) >= 11 is 1.76. The van der Waals surface area contributed by atoms with Crippen LogP contribution in [0.15, 0.2) is 29.9 Å². The van der Waals surface area contributed by atoms with Gasteiger partial charge < -0.3 is 10.2 Å². The summed E-state index contributed by atoms with van der Waals surface area (Å²) in [7, 11) is 2.10. The Kier molecular flexibility index (Phi) is 6.97. The van der Waals surface area contributed by atoms with Gasteiger partial charge >= 0.3 is 0 Å². The quantitative estimate of drug-likeness (QED) is 0.733. The molecule has 154 valence electrons. The van der Waals surface area contributed by atoms with Crippen LogP contribution in [0.1, 0.15) is 43.7 Å². The van der Waals surface area contributed by atoms with Gasteiger partial charge in [0, 0.05) is 43.4 Å². The summed E-state index contributed by atoms with van der Waals surface area (Å²) in [4.78, 5) is 14.1. The Morgan fingerprint density at radius 3 is 2.61 bits per heavy atom. The number of rotatable bonds is 7. The summed E-state index contributed by atoms with van der Waals surface area (Å²) in [6.45, 7) is 8.62. The zero-order valence-corrected chi connectivity index (χ0v) is 18.7. The summed E-state index contributed by atoms with van der Waals surface area (Å²) in [5.74, 6) is 1.04. The molecule has 1 N–H and O–H groups in total. The van der Waals surface area contributed by atoms with Gasteiger partial charge in [-0.05, 0) is 63.2 Å². The van der Waals surface area contributed by atoms with Crippen molar-refractivity contribution < 1.29 is 0 Å². The highest BCUT2D eigenvalue weighted by Crippen LogP contribution is 2.56. The van der Waals surface area contributed by atoms with Crippen molar-refractivity contribution in [2.24, 2.45) is 5.41 Å². The lowest BCUT2D eigenvalue weighted by atomic mass is 9.93. The number of nitrogens with zero attached hydrogens (tertiary/aromatic N) is 4. The standard InChI is InChI=1S/C21H31N5S.ClH/c1-16(2)25(3)19-5-4-17(13-24-19)14-26(15-20-23-10-11-27-20)18-12-21(18)6-8-22-9-7-21;/h4-5,10-11,13,16,18,22H,6-9,12,14-15H2,1-3H3;1H. The lowest BCUT2D eigenvalue weighted by Crippen LogP contribution is -2.35. The average Bonchev–Trinajstić information content (AvgIpc) is 3.11. The first-order chi connectivity index (χ1) is 13.1. The summed E-state index contributed by atoms with van der Waals surface area (Å²) in [5.41, 5.74) is 1.83. The minimum atomic E-state index is 0. The van der Waals surface area contributed by atoms with Crippen LogP contribution in [0, 0.1) is 5.41 Å². The molecular weight excluding hydrogens is 390 g/mol. The van der Waals surface area contributed by atoms with E-state index in [-0.39, 0.29) is 12.4 Å². The molecule has 2 fully saturated rings. The van der Waals surface area contributed by atoms with Crippen molar-refractivity contribution in [3.8, 4) is 0 Å². The summed E-state index contributed by atoms with van der Waals surface area (Å²) in [6.07, 6.45) is 7.93. The van der Waals surface area contributed by atoms with E-state index < -0.39 is 0 Å². The Labute approximate surface area is 179 Å². The van der Waals surface area contributed by atoms with E-state index in [2.05, 4.69) is 64.7 Å². The second-order valence-corrected chi connectivity index (χ2v) is 9.37. The molecule has 0 amide bonds. The van der Waals surface area contributed by atoms with Gasteiger partial charge in [0.1, 0.15) is 10.8 Å². The van der Waals surface area contributed by atoms with Gasteiger partial charge in [-0.25, -0.2) is 9.97 Å². The normalized spacial score (nSPS) is 20.4. The Bertz CT molecular complexity index is 728. The first-order valence-corrected chi connectivity index (χ1v) is 11.0. The van der Waals surface area contributed by atoms with Crippen LogP contribution in [0.5, 0.6) is 0 Å². The predicted molar refractivity (Wildman–Crippen MR) is 119 cm³/mol. The van der Waals surface area contributed by atoms with Gasteiger partial charge in [0.15, 0.2) is 0 Å². The molecule has 1 atom stereocenters. The molecule has 7 heteroatoms. The molecule has 2 aromatic heterocycles. The molecular formula is C21H32ClN5S. The molecule has 1 saturated heterocycles. The lowest BCUT2D eigenvalue weighted by molar-refractivity contribution is 0.187. The van der Waals surface area contributed by atoms with E-state index in [4.69, 9.17) is 4.98 Å². The van der Waals surface area contributed by atoms with Crippen molar-refractivity contribution in [2.75, 3.05) is 25.0 Å². The molecule has 0 radical (unpaired) electrons. The van der Waals surface area contributed by atoms with Gasteiger partial charge in [-0.15, -0.1) is 23.7 Å². The molecule has 1 saturated carbocycles. The summed E-state index contributed by atoms with van der Waals surface area (Å²) in [5, 5.41) is 6.82. The number of pyridine rings is 1. The highest BCUT2D eigenvalue weighted by Gasteiger charge is 2.56. The molecule has 4 rings (SSSR count). The van der Waals surface area contributed by atoms with Crippen LogP contribution >= 0.6 is 23.7 Å². The van der Waals surface area contributed by atoms with Crippen LogP contribution < -0.4 is 10.2 Å². The molecule has 5 nitrogen and oxygen atoms in total. The number of thiazole rings is 1. The molecule has 28 heavy (non-hydrogen) atoms. The lowest BCUT2D eigenvalue weighted by Gasteiger charge is -2.29. The Balaban J connectivity index is 0.00000225. The third kappa shape index (κ3) is 4.67. The second-order valence-electron chi connectivity index (χ2n) is 8.39.